The topological polar surface area (TPSA) is 62.8 Å². The fourth-order valence-electron chi connectivity index (χ4n) is 1.79. The average molecular weight is 277 g/mol. The molecule has 19 heavy (non-hydrogen) atoms. The molecule has 0 aliphatic heterocycles. The number of nitrogens with zero attached hydrogens (tertiary/aromatic N) is 1. The summed E-state index contributed by atoms with van der Waals surface area (Å²) in [5.41, 5.74) is 1.02. The smallest absolute Gasteiger partial charge is 0.250 e. The number of aromatic amines is 1. The SMILES string of the molecule is CC(CC(=O)c1ccc(Cl)cc1)c1cc(=O)[nH]cn1. The Morgan fingerprint density at radius 3 is 2.68 bits per heavy atom. The van der Waals surface area contributed by atoms with Gasteiger partial charge in [0.15, 0.2) is 5.78 Å². The molecule has 1 aromatic carbocycles. The third-order valence-electron chi connectivity index (χ3n) is 2.86. The molecule has 0 fully saturated rings. The van der Waals surface area contributed by atoms with Crippen molar-refractivity contribution in [2.24, 2.45) is 0 Å². The lowest BCUT2D eigenvalue weighted by Gasteiger charge is -2.09. The van der Waals surface area contributed by atoms with Crippen LogP contribution in [-0.4, -0.2) is 15.8 Å². The van der Waals surface area contributed by atoms with E-state index >= 15 is 0 Å². The van der Waals surface area contributed by atoms with Gasteiger partial charge in [0.25, 0.3) is 5.56 Å². The molecule has 0 radical (unpaired) electrons. The van der Waals surface area contributed by atoms with Crippen molar-refractivity contribution in [3.8, 4) is 0 Å². The van der Waals surface area contributed by atoms with Gasteiger partial charge in [-0.25, -0.2) is 4.98 Å². The number of aromatic nitrogens is 2. The van der Waals surface area contributed by atoms with Crippen LogP contribution in [0.5, 0.6) is 0 Å². The number of hydrogen-bond donors (Lipinski definition) is 1. The number of nitrogens with one attached hydrogen (secondary N) is 1. The van der Waals surface area contributed by atoms with Crippen molar-refractivity contribution in [2.45, 2.75) is 19.3 Å². The van der Waals surface area contributed by atoms with Gasteiger partial charge in [-0.15, -0.1) is 0 Å². The standard InChI is InChI=1S/C14H13ClN2O2/c1-9(12-7-14(19)17-8-16-12)6-13(18)10-2-4-11(15)5-3-10/h2-5,7-9H,6H2,1H3,(H,16,17,19). The molecule has 5 heteroatoms. The third-order valence-corrected chi connectivity index (χ3v) is 3.11. The number of carbonyl (C=O) groups excluding carboxylic acids is 1. The molecule has 0 aliphatic carbocycles. The first-order valence-corrected chi connectivity index (χ1v) is 6.27. The van der Waals surface area contributed by atoms with Crippen LogP contribution in [0.1, 0.15) is 35.3 Å². The van der Waals surface area contributed by atoms with E-state index in [2.05, 4.69) is 9.97 Å². The highest BCUT2D eigenvalue weighted by Gasteiger charge is 2.14. The predicted octanol–water partition coefficient (Wildman–Crippen LogP) is 2.80. The maximum Gasteiger partial charge on any atom is 0.250 e. The van der Waals surface area contributed by atoms with Crippen LogP contribution in [0.3, 0.4) is 0 Å². The second-order valence-electron chi connectivity index (χ2n) is 4.37. The molecule has 2 rings (SSSR count). The Morgan fingerprint density at radius 1 is 1.37 bits per heavy atom. The van der Waals surface area contributed by atoms with E-state index in [1.165, 1.54) is 12.4 Å². The van der Waals surface area contributed by atoms with Gasteiger partial charge in [-0.1, -0.05) is 18.5 Å². The second-order valence-corrected chi connectivity index (χ2v) is 4.81. The van der Waals surface area contributed by atoms with Gasteiger partial charge >= 0.3 is 0 Å². The summed E-state index contributed by atoms with van der Waals surface area (Å²) in [5, 5.41) is 0.598. The molecule has 0 saturated heterocycles. The molecular formula is C14H13ClN2O2. The third kappa shape index (κ3) is 3.51. The molecule has 1 unspecified atom stereocenters. The number of H-pyrrole nitrogens is 1. The van der Waals surface area contributed by atoms with Gasteiger partial charge in [-0.3, -0.25) is 9.59 Å². The number of benzene rings is 1. The first kappa shape index (κ1) is 13.5. The highest BCUT2D eigenvalue weighted by atomic mass is 35.5. The van der Waals surface area contributed by atoms with Crippen molar-refractivity contribution in [3.05, 3.63) is 63.3 Å². The van der Waals surface area contributed by atoms with Crippen LogP contribution >= 0.6 is 11.6 Å². The normalized spacial score (nSPS) is 12.1. The number of hydrogen-bond acceptors (Lipinski definition) is 3. The summed E-state index contributed by atoms with van der Waals surface area (Å²) in [5.74, 6) is -0.100. The van der Waals surface area contributed by atoms with Crippen molar-refractivity contribution < 1.29 is 4.79 Å². The van der Waals surface area contributed by atoms with Gasteiger partial charge in [0.1, 0.15) is 0 Å². The van der Waals surface area contributed by atoms with Gasteiger partial charge in [-0.05, 0) is 24.3 Å². The highest BCUT2D eigenvalue weighted by molar-refractivity contribution is 6.30. The van der Waals surface area contributed by atoms with Crippen LogP contribution < -0.4 is 5.56 Å². The Labute approximate surface area is 115 Å². The Morgan fingerprint density at radius 2 is 2.05 bits per heavy atom. The zero-order valence-electron chi connectivity index (χ0n) is 10.4. The summed E-state index contributed by atoms with van der Waals surface area (Å²) in [6.45, 7) is 1.87. The van der Waals surface area contributed by atoms with Crippen molar-refractivity contribution >= 4 is 17.4 Å². The summed E-state index contributed by atoms with van der Waals surface area (Å²) in [6, 6.07) is 8.18. The van der Waals surface area contributed by atoms with Gasteiger partial charge in [0, 0.05) is 29.0 Å². The van der Waals surface area contributed by atoms with E-state index in [0.717, 1.165) is 0 Å². The summed E-state index contributed by atoms with van der Waals surface area (Å²) < 4.78 is 0. The molecule has 1 heterocycles. The van der Waals surface area contributed by atoms with Gasteiger partial charge in [0.2, 0.25) is 0 Å². The molecule has 0 saturated carbocycles. The summed E-state index contributed by atoms with van der Waals surface area (Å²) in [7, 11) is 0. The largest absolute Gasteiger partial charge is 0.313 e. The lowest BCUT2D eigenvalue weighted by atomic mass is 9.97. The monoisotopic (exact) mass is 276 g/mol. The summed E-state index contributed by atoms with van der Waals surface area (Å²) >= 11 is 5.78. The number of Topliss-reactive ketones (excluding diaryl/α,β-unsaturated/α-hetero) is 1. The fraction of sp³-hybridized carbons (Fsp3) is 0.214. The molecule has 2 aromatic rings. The molecule has 0 spiro atoms. The van der Waals surface area contributed by atoms with Crippen LogP contribution in [0.25, 0.3) is 0 Å². The molecule has 1 N–H and O–H groups in total. The van der Waals surface area contributed by atoms with Crippen LogP contribution in [0, 0.1) is 0 Å². The van der Waals surface area contributed by atoms with Crippen LogP contribution in [-0.2, 0) is 0 Å². The zero-order chi connectivity index (χ0) is 13.8. The Bertz CT molecular complexity index is 634. The van der Waals surface area contributed by atoms with Gasteiger partial charge in [-0.2, -0.15) is 0 Å². The zero-order valence-corrected chi connectivity index (χ0v) is 11.1. The highest BCUT2D eigenvalue weighted by Crippen LogP contribution is 2.19. The molecule has 1 aromatic heterocycles. The average Bonchev–Trinajstić information content (AvgIpc) is 2.39. The van der Waals surface area contributed by atoms with Crippen molar-refractivity contribution in [1.82, 2.24) is 9.97 Å². The lowest BCUT2D eigenvalue weighted by molar-refractivity contribution is 0.0975. The van der Waals surface area contributed by atoms with Crippen LogP contribution in [0.2, 0.25) is 5.02 Å². The Kier molecular flexibility index (Phi) is 4.12. The fourth-order valence-corrected chi connectivity index (χ4v) is 1.92. The van der Waals surface area contributed by atoms with E-state index in [-0.39, 0.29) is 17.3 Å². The predicted molar refractivity (Wildman–Crippen MR) is 73.7 cm³/mol. The molecule has 0 aliphatic rings. The first-order chi connectivity index (χ1) is 9.06. The summed E-state index contributed by atoms with van der Waals surface area (Å²) in [6.07, 6.45) is 1.65. The molecule has 1 atom stereocenters. The maximum atomic E-state index is 12.1. The molecule has 98 valence electrons. The minimum atomic E-state index is -0.212. The lowest BCUT2D eigenvalue weighted by Crippen LogP contribution is -2.11. The Hall–Kier alpha value is -1.94. The molecule has 0 bridgehead atoms. The van der Waals surface area contributed by atoms with E-state index in [4.69, 9.17) is 11.6 Å². The van der Waals surface area contributed by atoms with E-state index in [9.17, 15) is 9.59 Å². The Balaban J connectivity index is 2.10. The molecule has 4 nitrogen and oxygen atoms in total. The van der Waals surface area contributed by atoms with Crippen molar-refractivity contribution in [3.63, 3.8) is 0 Å². The number of ketones is 1. The first-order valence-electron chi connectivity index (χ1n) is 5.89. The van der Waals surface area contributed by atoms with Crippen LogP contribution in [0.15, 0.2) is 41.5 Å². The van der Waals surface area contributed by atoms with E-state index in [1.807, 2.05) is 6.92 Å². The maximum absolute atomic E-state index is 12.1. The summed E-state index contributed by atoms with van der Waals surface area (Å²) in [4.78, 5) is 29.8. The van der Waals surface area contributed by atoms with E-state index < -0.39 is 0 Å². The minimum Gasteiger partial charge on any atom is -0.313 e. The molecular weight excluding hydrogens is 264 g/mol. The van der Waals surface area contributed by atoms with Crippen LogP contribution in [0.4, 0.5) is 0 Å². The van der Waals surface area contributed by atoms with Gasteiger partial charge < -0.3 is 4.98 Å². The second kappa shape index (κ2) is 5.80. The minimum absolute atomic E-state index is 0.00579. The number of rotatable bonds is 4. The van der Waals surface area contributed by atoms with Crippen molar-refractivity contribution in [2.75, 3.05) is 0 Å². The number of halogens is 1. The quantitative estimate of drug-likeness (QED) is 0.874. The number of carbonyl (C=O) groups is 1. The van der Waals surface area contributed by atoms with E-state index in [1.54, 1.807) is 24.3 Å². The van der Waals surface area contributed by atoms with Crippen molar-refractivity contribution in [1.29, 1.82) is 0 Å². The molecule has 0 amide bonds. The van der Waals surface area contributed by atoms with Gasteiger partial charge in [0.05, 0.1) is 12.0 Å². The van der Waals surface area contributed by atoms with E-state index in [0.29, 0.717) is 22.7 Å².